The standard InChI is InChI=1S/C69H116ClF3N12O2/c1-14-49(6)63-41-78-62(39-47(2)3)51(8)77-42-64-65(67(86)83-35-18-15-19-36-83)54(11)85(64)66(48(4)5)52(9)80-68(29-16-17-30-68)46-75-33-32-74-31-28-56(24-22-55-23-27-60(61(70)40-55)69(71,72)73)76-34-38-81(12)43-58(45-87-59-25-26-59)82(13)44-57-21-20-37-84(57)53(10)50(7)79-63/h23,27-28,31,34,38,40,43-44,47-54,59,62-66,75-80H,14-22,24-26,29-30,32-33,35-37,39,41-42,45-46H2,1-13H3/t49-,50?,51?,52?,53-,54?,62-,63+,64?,65-,66-/m0/s1. The number of aryl methyl sites for hydroxylation is 1. The molecule has 5 unspecified atom stereocenters. The van der Waals surface area contributed by atoms with Crippen molar-refractivity contribution in [2.45, 2.75) is 245 Å². The second-order valence-electron chi connectivity index (χ2n) is 27.9. The van der Waals surface area contributed by atoms with E-state index in [0.717, 1.165) is 121 Å². The lowest BCUT2D eigenvalue weighted by atomic mass is 9.74. The molecule has 11 atom stereocenters. The van der Waals surface area contributed by atoms with E-state index in [-0.39, 0.29) is 77.0 Å². The van der Waals surface area contributed by atoms with Crippen molar-refractivity contribution in [2.75, 3.05) is 73.1 Å². The van der Waals surface area contributed by atoms with E-state index in [1.807, 2.05) is 36.6 Å². The van der Waals surface area contributed by atoms with Crippen LogP contribution in [0.2, 0.25) is 5.02 Å². The molecule has 1 aromatic carbocycles. The number of nitrogens with zero attached hydrogens (tertiary/aromatic N) is 6. The number of benzene rings is 1. The second kappa shape index (κ2) is 33.6. The zero-order valence-electron chi connectivity index (χ0n) is 55.8. The predicted octanol–water partition coefficient (Wildman–Crippen LogP) is 11.5. The molecule has 0 radical (unpaired) electrons. The maximum absolute atomic E-state index is 14.8. The first kappa shape index (κ1) is 70.8. The maximum Gasteiger partial charge on any atom is 0.417 e. The summed E-state index contributed by atoms with van der Waals surface area (Å²) in [5, 5.41) is 23.8. The van der Waals surface area contributed by atoms with E-state index in [9.17, 15) is 18.0 Å². The number of fused-ring (bicyclic) bond motifs is 2. The van der Waals surface area contributed by atoms with E-state index < -0.39 is 11.7 Å². The number of halogens is 4. The molecule has 18 heteroatoms. The molecule has 4 heterocycles. The molecule has 6 N–H and O–H groups in total. The molecule has 492 valence electrons. The number of ether oxygens (including phenoxy) is 1. The van der Waals surface area contributed by atoms with Gasteiger partial charge in [0.25, 0.3) is 0 Å². The van der Waals surface area contributed by atoms with E-state index >= 15 is 0 Å². The fraction of sp³-hybridized carbons (Fsp3) is 0.768. The van der Waals surface area contributed by atoms with Gasteiger partial charge in [-0.05, 0) is 153 Å². The number of hydrogen-bond acceptors (Lipinski definition) is 13. The highest BCUT2D eigenvalue weighted by atomic mass is 35.5. The van der Waals surface area contributed by atoms with Crippen molar-refractivity contribution in [2.24, 2.45) is 28.7 Å². The van der Waals surface area contributed by atoms with Gasteiger partial charge in [-0.1, -0.05) is 78.5 Å². The molecule has 0 aromatic heterocycles. The van der Waals surface area contributed by atoms with Crippen LogP contribution in [0, 0.1) is 23.7 Å². The molecule has 1 aromatic rings. The zero-order valence-corrected chi connectivity index (χ0v) is 56.5. The Kier molecular flexibility index (Phi) is 27.3. The summed E-state index contributed by atoms with van der Waals surface area (Å²) in [7, 11) is 4.14. The lowest BCUT2D eigenvalue weighted by molar-refractivity contribution is -0.162. The van der Waals surface area contributed by atoms with Crippen LogP contribution in [0.15, 0.2) is 71.2 Å². The molecule has 2 saturated carbocycles. The fourth-order valence-electron chi connectivity index (χ4n) is 14.6. The average molecular weight is 1240 g/mol. The maximum atomic E-state index is 14.8. The summed E-state index contributed by atoms with van der Waals surface area (Å²) in [6.07, 6.45) is 23.2. The van der Waals surface area contributed by atoms with Gasteiger partial charge in [0.15, 0.2) is 0 Å². The lowest BCUT2D eigenvalue weighted by Gasteiger charge is -2.60. The summed E-state index contributed by atoms with van der Waals surface area (Å²) in [5.41, 5.74) is 3.06. The largest absolute Gasteiger partial charge is 0.417 e. The molecule has 3 saturated heterocycles. The molecule has 6 aliphatic rings. The Labute approximate surface area is 529 Å². The van der Waals surface area contributed by atoms with Gasteiger partial charge in [0.2, 0.25) is 5.91 Å². The summed E-state index contributed by atoms with van der Waals surface area (Å²) in [4.78, 5) is 31.4. The van der Waals surface area contributed by atoms with Crippen LogP contribution in [0.1, 0.15) is 177 Å². The Morgan fingerprint density at radius 3 is 2.28 bits per heavy atom. The average Bonchev–Trinajstić information content (AvgIpc) is 2.75. The highest BCUT2D eigenvalue weighted by Crippen LogP contribution is 2.41. The van der Waals surface area contributed by atoms with E-state index in [4.69, 9.17) is 21.3 Å². The minimum absolute atomic E-state index is 0.0543. The van der Waals surface area contributed by atoms with Gasteiger partial charge in [0.05, 0.1) is 41.5 Å². The third kappa shape index (κ3) is 20.4. The minimum atomic E-state index is -4.52. The summed E-state index contributed by atoms with van der Waals surface area (Å²) in [6, 6.07) is 5.81. The summed E-state index contributed by atoms with van der Waals surface area (Å²) in [5.74, 6) is 1.62. The number of hydrogen-bond donors (Lipinski definition) is 6. The van der Waals surface area contributed by atoms with Crippen molar-refractivity contribution in [3.63, 3.8) is 0 Å². The summed E-state index contributed by atoms with van der Waals surface area (Å²) in [6.45, 7) is 33.0. The van der Waals surface area contributed by atoms with E-state index in [1.54, 1.807) is 0 Å². The van der Waals surface area contributed by atoms with Crippen LogP contribution in [0.25, 0.3) is 0 Å². The van der Waals surface area contributed by atoms with E-state index in [2.05, 4.69) is 147 Å². The number of piperidine rings is 1. The van der Waals surface area contributed by atoms with Crippen molar-refractivity contribution < 1.29 is 22.7 Å². The highest BCUT2D eigenvalue weighted by Gasteiger charge is 2.55. The van der Waals surface area contributed by atoms with Crippen molar-refractivity contribution in [3.05, 3.63) is 82.3 Å². The van der Waals surface area contributed by atoms with Crippen LogP contribution >= 0.6 is 11.6 Å². The van der Waals surface area contributed by atoms with Crippen LogP contribution in [0.5, 0.6) is 0 Å². The molecule has 87 heavy (non-hydrogen) atoms. The Balaban J connectivity index is 1.17. The number of allylic oxidation sites excluding steroid dienone is 3. The predicted molar refractivity (Wildman–Crippen MR) is 353 cm³/mol. The minimum Gasteiger partial charge on any atom is -0.372 e. The normalized spacial score (nSPS) is 30.1. The first-order valence-electron chi connectivity index (χ1n) is 34.0. The van der Waals surface area contributed by atoms with Gasteiger partial charge in [-0.15, -0.1) is 0 Å². The molecule has 7 rings (SSSR count). The molecular weight excluding hydrogens is 1120 g/mol. The number of amides is 1. The fourth-order valence-corrected chi connectivity index (χ4v) is 14.9. The molecule has 4 aliphatic heterocycles. The number of aliphatic imine (C=N–C) groups is 1. The van der Waals surface area contributed by atoms with Crippen molar-refractivity contribution in [3.8, 4) is 0 Å². The van der Waals surface area contributed by atoms with Gasteiger partial charge < -0.3 is 56.2 Å². The Bertz CT molecular complexity index is 2440. The first-order valence-corrected chi connectivity index (χ1v) is 34.4. The number of carbonyl (C=O) groups excluding carboxylic acids is 1. The van der Waals surface area contributed by atoms with Crippen molar-refractivity contribution in [1.82, 2.24) is 56.4 Å². The highest BCUT2D eigenvalue weighted by molar-refractivity contribution is 6.31. The van der Waals surface area contributed by atoms with Crippen molar-refractivity contribution in [1.29, 1.82) is 0 Å². The Morgan fingerprint density at radius 2 is 1.61 bits per heavy atom. The Hall–Kier alpha value is -3.68. The summed E-state index contributed by atoms with van der Waals surface area (Å²) < 4.78 is 47.3. The van der Waals surface area contributed by atoms with Gasteiger partial charge in [-0.2, -0.15) is 13.2 Å². The number of carbonyl (C=O) groups is 1. The van der Waals surface area contributed by atoms with E-state index in [1.165, 1.54) is 37.1 Å². The van der Waals surface area contributed by atoms with Crippen LogP contribution in [0.4, 0.5) is 13.2 Å². The molecule has 5 fully saturated rings. The van der Waals surface area contributed by atoms with Crippen LogP contribution < -0.4 is 31.9 Å². The van der Waals surface area contributed by atoms with Gasteiger partial charge >= 0.3 is 6.18 Å². The van der Waals surface area contributed by atoms with Crippen LogP contribution in [0.3, 0.4) is 0 Å². The first-order chi connectivity index (χ1) is 41.5. The number of rotatable bonds is 12. The third-order valence-electron chi connectivity index (χ3n) is 20.2. The smallest absolute Gasteiger partial charge is 0.372 e. The van der Waals surface area contributed by atoms with E-state index in [0.29, 0.717) is 61.8 Å². The lowest BCUT2D eigenvalue weighted by Crippen LogP contribution is -2.76. The molecule has 2 aliphatic carbocycles. The van der Waals surface area contributed by atoms with Crippen LogP contribution in [-0.4, -0.2) is 176 Å². The molecular formula is C69H116ClF3N12O2. The SMILES string of the molecule is CC[C@H](C)[C@H]1CN[C@@H](CC(C)C)C(C)NCC2[C@@H](C(=O)N3CCCCC3)C(C)N2[C@@H](C(C)C)C(C)NC2(CCCC2)CNCCN=CC=C(CCc2ccc(C(F)(F)F)c(Cl)c2)NC=CN(C)C=C(COC2CC2)N(C)C=C2CCCN2[C@@H](C)C(C)N1. The zero-order chi connectivity index (χ0) is 63.0. The number of likely N-dealkylation sites (N-methyl/N-ethyl adjacent to an activating group) is 1. The van der Waals surface area contributed by atoms with Crippen LogP contribution in [-0.2, 0) is 22.1 Å². The molecule has 1 spiro atoms. The van der Waals surface area contributed by atoms with Gasteiger partial charge in [0.1, 0.15) is 0 Å². The second-order valence-corrected chi connectivity index (χ2v) is 28.3. The Morgan fingerprint density at radius 1 is 0.874 bits per heavy atom. The monoisotopic (exact) mass is 1240 g/mol. The third-order valence-corrected chi connectivity index (χ3v) is 20.5. The summed E-state index contributed by atoms with van der Waals surface area (Å²) >= 11 is 6.18. The number of nitrogens with one attached hydrogen (secondary N) is 6. The van der Waals surface area contributed by atoms with Crippen molar-refractivity contribution >= 4 is 23.7 Å². The molecule has 0 bridgehead atoms. The number of likely N-dealkylation sites (tertiary alicyclic amines) is 1. The van der Waals surface area contributed by atoms with Gasteiger partial charge in [0, 0.05) is 162 Å². The topological polar surface area (TPSA) is 127 Å². The number of alkyl halides is 3. The van der Waals surface area contributed by atoms with Gasteiger partial charge in [-0.3, -0.25) is 14.7 Å². The quantitative estimate of drug-likeness (QED) is 0.119. The molecule has 14 nitrogen and oxygen atoms in total. The van der Waals surface area contributed by atoms with Gasteiger partial charge in [-0.25, -0.2) is 0 Å². The molecule has 1 amide bonds.